The van der Waals surface area contributed by atoms with E-state index in [4.69, 9.17) is 14.5 Å². The second-order valence-corrected chi connectivity index (χ2v) is 8.36. The molecule has 5 nitrogen and oxygen atoms in total. The van der Waals surface area contributed by atoms with Crippen LogP contribution < -0.4 is 10.6 Å². The first kappa shape index (κ1) is 26.2. The van der Waals surface area contributed by atoms with Gasteiger partial charge in [-0.25, -0.2) is 0 Å². The fraction of sp³-hybridized carbons (Fsp3) is 0.696. The molecule has 0 saturated carbocycles. The Morgan fingerprint density at radius 1 is 1.17 bits per heavy atom. The number of rotatable bonds is 10. The molecular weight excluding hydrogens is 477 g/mol. The highest BCUT2D eigenvalue weighted by Crippen LogP contribution is 2.23. The number of halogens is 1. The van der Waals surface area contributed by atoms with Crippen LogP contribution >= 0.6 is 24.0 Å². The van der Waals surface area contributed by atoms with Crippen molar-refractivity contribution in [1.82, 2.24) is 10.6 Å². The van der Waals surface area contributed by atoms with Gasteiger partial charge in [0, 0.05) is 44.9 Å². The van der Waals surface area contributed by atoms with E-state index in [-0.39, 0.29) is 29.4 Å². The van der Waals surface area contributed by atoms with E-state index in [0.29, 0.717) is 5.92 Å². The average molecular weight is 517 g/mol. The molecule has 1 heterocycles. The highest BCUT2D eigenvalue weighted by molar-refractivity contribution is 14.0. The molecule has 2 rings (SSSR count). The van der Waals surface area contributed by atoms with Gasteiger partial charge in [0.25, 0.3) is 0 Å². The van der Waals surface area contributed by atoms with Crippen molar-refractivity contribution in [3.05, 3.63) is 35.4 Å². The number of nitrogens with zero attached hydrogens (tertiary/aromatic N) is 1. The third-order valence-electron chi connectivity index (χ3n) is 5.26. The minimum atomic E-state index is 0. The van der Waals surface area contributed by atoms with E-state index in [1.165, 1.54) is 11.1 Å². The summed E-state index contributed by atoms with van der Waals surface area (Å²) in [7, 11) is 0. The molecule has 1 aromatic carbocycles. The van der Waals surface area contributed by atoms with Gasteiger partial charge in [-0.05, 0) is 44.6 Å². The number of aryl methyl sites for hydroxylation is 1. The van der Waals surface area contributed by atoms with Crippen molar-refractivity contribution < 1.29 is 9.47 Å². The van der Waals surface area contributed by atoms with Gasteiger partial charge in [-0.3, -0.25) is 4.99 Å². The third-order valence-corrected chi connectivity index (χ3v) is 5.26. The Balaban J connectivity index is 0.00000420. The van der Waals surface area contributed by atoms with Gasteiger partial charge in [-0.1, -0.05) is 43.7 Å². The van der Waals surface area contributed by atoms with Crippen molar-refractivity contribution in [2.45, 2.75) is 52.4 Å². The van der Waals surface area contributed by atoms with Crippen LogP contribution in [-0.4, -0.2) is 52.0 Å². The molecule has 1 aromatic rings. The normalized spacial score (nSPS) is 15.7. The second kappa shape index (κ2) is 14.2. The zero-order valence-corrected chi connectivity index (χ0v) is 21.0. The first-order valence-electron chi connectivity index (χ1n) is 10.8. The maximum atomic E-state index is 5.84. The quantitative estimate of drug-likeness (QED) is 0.211. The van der Waals surface area contributed by atoms with Crippen molar-refractivity contribution in [2.24, 2.45) is 10.9 Å². The van der Waals surface area contributed by atoms with Crippen LogP contribution in [0, 0.1) is 12.8 Å². The molecule has 1 aliphatic heterocycles. The first-order chi connectivity index (χ1) is 13.5. The van der Waals surface area contributed by atoms with E-state index in [0.717, 1.165) is 71.3 Å². The lowest BCUT2D eigenvalue weighted by molar-refractivity contribution is 0.0203. The average Bonchev–Trinajstić information content (AvgIpc) is 2.70. The smallest absolute Gasteiger partial charge is 0.191 e. The lowest BCUT2D eigenvalue weighted by Gasteiger charge is -2.24. The summed E-state index contributed by atoms with van der Waals surface area (Å²) < 4.78 is 11.2. The highest BCUT2D eigenvalue weighted by Gasteiger charge is 2.20. The number of benzene rings is 1. The maximum absolute atomic E-state index is 5.84. The molecule has 29 heavy (non-hydrogen) atoms. The Morgan fingerprint density at radius 2 is 1.86 bits per heavy atom. The Bertz CT molecular complexity index is 584. The predicted octanol–water partition coefficient (Wildman–Crippen LogP) is 4.28. The molecule has 6 heteroatoms. The van der Waals surface area contributed by atoms with Crippen LogP contribution in [0.5, 0.6) is 0 Å². The van der Waals surface area contributed by atoms with Gasteiger partial charge in [-0.15, -0.1) is 24.0 Å². The molecule has 0 unspecified atom stereocenters. The van der Waals surface area contributed by atoms with E-state index < -0.39 is 0 Å². The summed E-state index contributed by atoms with van der Waals surface area (Å²) in [6.07, 6.45) is 3.24. The Hall–Kier alpha value is -0.860. The van der Waals surface area contributed by atoms with E-state index in [1.807, 2.05) is 0 Å². The van der Waals surface area contributed by atoms with Gasteiger partial charge in [-0.2, -0.15) is 0 Å². The lowest BCUT2D eigenvalue weighted by Crippen LogP contribution is -2.39. The monoisotopic (exact) mass is 517 g/mol. The SMILES string of the molecule is CCNC(=NCC(C)(C)c1ccc(C)cc1)NCCCOCC1CCOCC1.I. The highest BCUT2D eigenvalue weighted by atomic mass is 127. The minimum absolute atomic E-state index is 0. The summed E-state index contributed by atoms with van der Waals surface area (Å²) >= 11 is 0. The van der Waals surface area contributed by atoms with Gasteiger partial charge in [0.2, 0.25) is 0 Å². The standard InChI is InChI=1S/C23H39N3O2.HI/c1-5-24-22(25-13-6-14-28-17-20-11-15-27-16-12-20)26-18-23(3,4)21-9-7-19(2)8-10-21;/h7-10,20H,5-6,11-18H2,1-4H3,(H2,24,25,26);1H. The number of nitrogens with one attached hydrogen (secondary N) is 2. The van der Waals surface area contributed by atoms with Gasteiger partial charge < -0.3 is 20.1 Å². The molecule has 1 saturated heterocycles. The molecular formula is C23H40IN3O2. The zero-order valence-electron chi connectivity index (χ0n) is 18.6. The summed E-state index contributed by atoms with van der Waals surface area (Å²) in [5, 5.41) is 6.77. The van der Waals surface area contributed by atoms with Crippen molar-refractivity contribution in [2.75, 3.05) is 46.1 Å². The summed E-state index contributed by atoms with van der Waals surface area (Å²) in [5.41, 5.74) is 2.61. The molecule has 0 radical (unpaired) electrons. The van der Waals surface area contributed by atoms with Crippen molar-refractivity contribution >= 4 is 29.9 Å². The topological polar surface area (TPSA) is 54.9 Å². The zero-order chi connectivity index (χ0) is 20.2. The molecule has 0 atom stereocenters. The van der Waals surface area contributed by atoms with Crippen molar-refractivity contribution in [3.8, 4) is 0 Å². The maximum Gasteiger partial charge on any atom is 0.191 e. The van der Waals surface area contributed by atoms with E-state index in [9.17, 15) is 0 Å². The molecule has 0 bridgehead atoms. The fourth-order valence-corrected chi connectivity index (χ4v) is 3.26. The molecule has 0 amide bonds. The van der Waals surface area contributed by atoms with Gasteiger partial charge in [0.05, 0.1) is 6.54 Å². The van der Waals surface area contributed by atoms with E-state index in [1.54, 1.807) is 0 Å². The van der Waals surface area contributed by atoms with E-state index in [2.05, 4.69) is 62.6 Å². The van der Waals surface area contributed by atoms with Crippen molar-refractivity contribution in [3.63, 3.8) is 0 Å². The second-order valence-electron chi connectivity index (χ2n) is 8.36. The summed E-state index contributed by atoms with van der Waals surface area (Å²) in [4.78, 5) is 4.81. The van der Waals surface area contributed by atoms with Crippen LogP contribution in [0.2, 0.25) is 0 Å². The Kier molecular flexibility index (Phi) is 12.8. The van der Waals surface area contributed by atoms with Crippen LogP contribution in [0.1, 0.15) is 51.2 Å². The predicted molar refractivity (Wildman–Crippen MR) is 133 cm³/mol. The molecule has 2 N–H and O–H groups in total. The van der Waals surface area contributed by atoms with Gasteiger partial charge >= 0.3 is 0 Å². The van der Waals surface area contributed by atoms with Crippen LogP contribution in [0.4, 0.5) is 0 Å². The number of aliphatic imine (C=N–C) groups is 1. The fourth-order valence-electron chi connectivity index (χ4n) is 3.26. The Labute approximate surface area is 194 Å². The van der Waals surface area contributed by atoms with Crippen LogP contribution in [0.15, 0.2) is 29.3 Å². The molecule has 1 aliphatic rings. The lowest BCUT2D eigenvalue weighted by atomic mass is 9.84. The van der Waals surface area contributed by atoms with Gasteiger partial charge in [0.1, 0.15) is 0 Å². The molecule has 166 valence electrons. The number of hydrogen-bond donors (Lipinski definition) is 2. The number of guanidine groups is 1. The Morgan fingerprint density at radius 3 is 2.52 bits per heavy atom. The van der Waals surface area contributed by atoms with Crippen LogP contribution in [0.3, 0.4) is 0 Å². The van der Waals surface area contributed by atoms with E-state index >= 15 is 0 Å². The molecule has 0 aromatic heterocycles. The first-order valence-corrected chi connectivity index (χ1v) is 10.8. The third kappa shape index (κ3) is 10.1. The largest absolute Gasteiger partial charge is 0.381 e. The van der Waals surface area contributed by atoms with Crippen LogP contribution in [0.25, 0.3) is 0 Å². The van der Waals surface area contributed by atoms with Crippen molar-refractivity contribution in [1.29, 1.82) is 0 Å². The molecule has 1 fully saturated rings. The number of hydrogen-bond acceptors (Lipinski definition) is 3. The van der Waals surface area contributed by atoms with Gasteiger partial charge in [0.15, 0.2) is 5.96 Å². The van der Waals surface area contributed by atoms with Crippen LogP contribution in [-0.2, 0) is 14.9 Å². The molecule has 0 spiro atoms. The summed E-state index contributed by atoms with van der Waals surface area (Å²) in [6.45, 7) is 14.6. The summed E-state index contributed by atoms with van der Waals surface area (Å²) in [6, 6.07) is 8.76. The molecule has 0 aliphatic carbocycles. The minimum Gasteiger partial charge on any atom is -0.381 e. The summed E-state index contributed by atoms with van der Waals surface area (Å²) in [5.74, 6) is 1.55. The number of ether oxygens (including phenoxy) is 2.